The van der Waals surface area contributed by atoms with Gasteiger partial charge in [-0.3, -0.25) is 9.78 Å². The van der Waals surface area contributed by atoms with Gasteiger partial charge in [0, 0.05) is 32.2 Å². The third-order valence-electron chi connectivity index (χ3n) is 3.40. The summed E-state index contributed by atoms with van der Waals surface area (Å²) in [6, 6.07) is 11.6. The van der Waals surface area contributed by atoms with Gasteiger partial charge in [-0.05, 0) is 29.8 Å². The van der Waals surface area contributed by atoms with Gasteiger partial charge < -0.3 is 4.90 Å². The molecule has 2 aromatic heterocycles. The Hall–Kier alpha value is -3.02. The molecule has 0 N–H and O–H groups in total. The van der Waals surface area contributed by atoms with Crippen LogP contribution >= 0.6 is 0 Å². The Labute approximate surface area is 133 Å². The number of carbonyl (C=O) groups excluding carboxylic acids is 1. The molecule has 0 spiro atoms. The highest BCUT2D eigenvalue weighted by Gasteiger charge is 2.16. The van der Waals surface area contributed by atoms with Gasteiger partial charge in [0.05, 0.1) is 0 Å². The second-order valence-corrected chi connectivity index (χ2v) is 5.12. The van der Waals surface area contributed by atoms with Crippen molar-refractivity contribution in [3.63, 3.8) is 0 Å². The summed E-state index contributed by atoms with van der Waals surface area (Å²) in [4.78, 5) is 18.0. The topological polar surface area (TPSA) is 51.0 Å². The highest BCUT2D eigenvalue weighted by atomic mass is 19.1. The maximum atomic E-state index is 13.8. The molecule has 3 aromatic rings. The first kappa shape index (κ1) is 14.9. The maximum Gasteiger partial charge on any atom is 0.274 e. The van der Waals surface area contributed by atoms with Gasteiger partial charge in [-0.15, -0.1) is 0 Å². The van der Waals surface area contributed by atoms with Crippen molar-refractivity contribution in [2.24, 2.45) is 0 Å². The summed E-state index contributed by atoms with van der Waals surface area (Å²) in [5.74, 6) is -0.623. The van der Waals surface area contributed by atoms with Crippen LogP contribution in [-0.4, -0.2) is 32.6 Å². The SMILES string of the molecule is CN(Cc1cccnc1)C(=O)c1ccn(-c2ccccc2F)n1. The number of para-hydroxylation sites is 1. The fraction of sp³-hybridized carbons (Fsp3) is 0.118. The van der Waals surface area contributed by atoms with Crippen molar-refractivity contribution in [3.8, 4) is 5.69 Å². The van der Waals surface area contributed by atoms with E-state index in [1.54, 1.807) is 54.8 Å². The van der Waals surface area contributed by atoms with Gasteiger partial charge >= 0.3 is 0 Å². The second kappa shape index (κ2) is 6.39. The molecule has 0 bridgehead atoms. The highest BCUT2D eigenvalue weighted by molar-refractivity contribution is 5.92. The average Bonchev–Trinajstić information content (AvgIpc) is 3.05. The molecular weight excluding hydrogens is 295 g/mol. The Bertz CT molecular complexity index is 816. The van der Waals surface area contributed by atoms with Crippen molar-refractivity contribution < 1.29 is 9.18 Å². The average molecular weight is 310 g/mol. The number of nitrogens with zero attached hydrogens (tertiary/aromatic N) is 4. The summed E-state index contributed by atoms with van der Waals surface area (Å²) in [6.07, 6.45) is 4.96. The second-order valence-electron chi connectivity index (χ2n) is 5.12. The summed E-state index contributed by atoms with van der Waals surface area (Å²) < 4.78 is 15.1. The zero-order valence-corrected chi connectivity index (χ0v) is 12.6. The predicted octanol–water partition coefficient (Wildman–Crippen LogP) is 2.68. The number of benzene rings is 1. The molecule has 23 heavy (non-hydrogen) atoms. The maximum absolute atomic E-state index is 13.8. The normalized spacial score (nSPS) is 10.5. The van der Waals surface area contributed by atoms with Crippen molar-refractivity contribution in [2.45, 2.75) is 6.54 Å². The zero-order chi connectivity index (χ0) is 16.2. The standard InChI is InChI=1S/C17H15FN4O/c1-21(12-13-5-4-9-19-11-13)17(23)15-8-10-22(20-15)16-7-3-2-6-14(16)18/h2-11H,12H2,1H3. The van der Waals surface area contributed by atoms with Crippen molar-refractivity contribution >= 4 is 5.91 Å². The van der Waals surface area contributed by atoms with Gasteiger partial charge in [0.25, 0.3) is 5.91 Å². The van der Waals surface area contributed by atoms with Crippen molar-refractivity contribution in [3.05, 3.63) is 78.1 Å². The molecule has 2 heterocycles. The monoisotopic (exact) mass is 310 g/mol. The van der Waals surface area contributed by atoms with E-state index in [1.165, 1.54) is 10.7 Å². The lowest BCUT2D eigenvalue weighted by Crippen LogP contribution is -2.26. The molecule has 6 heteroatoms. The number of pyridine rings is 1. The van der Waals surface area contributed by atoms with Crippen LogP contribution in [0.5, 0.6) is 0 Å². The molecule has 116 valence electrons. The van der Waals surface area contributed by atoms with Crippen molar-refractivity contribution in [1.29, 1.82) is 0 Å². The summed E-state index contributed by atoms with van der Waals surface area (Å²) in [7, 11) is 1.69. The third kappa shape index (κ3) is 3.26. The van der Waals surface area contributed by atoms with Gasteiger partial charge in [-0.25, -0.2) is 9.07 Å². The molecule has 0 aliphatic carbocycles. The fourth-order valence-electron chi connectivity index (χ4n) is 2.24. The highest BCUT2D eigenvalue weighted by Crippen LogP contribution is 2.13. The minimum absolute atomic E-state index is 0.232. The summed E-state index contributed by atoms with van der Waals surface area (Å²) in [5.41, 5.74) is 1.50. The molecular formula is C17H15FN4O. The fourth-order valence-corrected chi connectivity index (χ4v) is 2.24. The van der Waals surface area contributed by atoms with E-state index in [4.69, 9.17) is 0 Å². The number of hydrogen-bond acceptors (Lipinski definition) is 3. The van der Waals surface area contributed by atoms with Crippen LogP contribution in [0.4, 0.5) is 4.39 Å². The summed E-state index contributed by atoms with van der Waals surface area (Å²) in [5, 5.41) is 4.17. The number of amides is 1. The predicted molar refractivity (Wildman–Crippen MR) is 83.6 cm³/mol. The van der Waals surface area contributed by atoms with E-state index in [0.29, 0.717) is 12.2 Å². The van der Waals surface area contributed by atoms with Crippen LogP contribution in [0.15, 0.2) is 61.1 Å². The van der Waals surface area contributed by atoms with Crippen LogP contribution in [-0.2, 0) is 6.54 Å². The molecule has 0 aliphatic rings. The minimum Gasteiger partial charge on any atom is -0.336 e. The Morgan fingerprint density at radius 2 is 2.04 bits per heavy atom. The van der Waals surface area contributed by atoms with Crippen LogP contribution in [0.3, 0.4) is 0 Å². The van der Waals surface area contributed by atoms with Crippen molar-refractivity contribution in [1.82, 2.24) is 19.7 Å². The first-order valence-corrected chi connectivity index (χ1v) is 7.10. The molecule has 0 saturated carbocycles. The van der Waals surface area contributed by atoms with Crippen LogP contribution in [0.25, 0.3) is 5.69 Å². The third-order valence-corrected chi connectivity index (χ3v) is 3.40. The van der Waals surface area contributed by atoms with E-state index in [2.05, 4.69) is 10.1 Å². The lowest BCUT2D eigenvalue weighted by Gasteiger charge is -2.15. The largest absolute Gasteiger partial charge is 0.336 e. The smallest absolute Gasteiger partial charge is 0.274 e. The Morgan fingerprint density at radius 3 is 2.78 bits per heavy atom. The molecule has 0 aliphatic heterocycles. The zero-order valence-electron chi connectivity index (χ0n) is 12.6. The van der Waals surface area contributed by atoms with Gasteiger partial charge in [-0.2, -0.15) is 5.10 Å². The first-order chi connectivity index (χ1) is 11.1. The summed E-state index contributed by atoms with van der Waals surface area (Å²) >= 11 is 0. The Kier molecular flexibility index (Phi) is 4.14. The van der Waals surface area contributed by atoms with E-state index < -0.39 is 5.82 Å². The number of carbonyl (C=O) groups is 1. The Morgan fingerprint density at radius 1 is 1.22 bits per heavy atom. The van der Waals surface area contributed by atoms with Gasteiger partial charge in [0.1, 0.15) is 11.5 Å². The number of aromatic nitrogens is 3. The number of hydrogen-bond donors (Lipinski definition) is 0. The first-order valence-electron chi connectivity index (χ1n) is 7.10. The molecule has 1 amide bonds. The molecule has 5 nitrogen and oxygen atoms in total. The molecule has 1 aromatic carbocycles. The van der Waals surface area contributed by atoms with Gasteiger partial charge in [0.15, 0.2) is 5.69 Å². The minimum atomic E-state index is -0.390. The van der Waals surface area contributed by atoms with Crippen molar-refractivity contribution in [2.75, 3.05) is 7.05 Å². The van der Waals surface area contributed by atoms with E-state index in [9.17, 15) is 9.18 Å². The molecule has 0 fully saturated rings. The van der Waals surface area contributed by atoms with Gasteiger partial charge in [-0.1, -0.05) is 18.2 Å². The quantitative estimate of drug-likeness (QED) is 0.744. The lowest BCUT2D eigenvalue weighted by atomic mass is 10.2. The van der Waals surface area contributed by atoms with Crippen LogP contribution in [0.2, 0.25) is 0 Å². The van der Waals surface area contributed by atoms with Gasteiger partial charge in [0.2, 0.25) is 0 Å². The number of rotatable bonds is 4. The van der Waals surface area contributed by atoms with E-state index >= 15 is 0 Å². The summed E-state index contributed by atoms with van der Waals surface area (Å²) in [6.45, 7) is 0.430. The van der Waals surface area contributed by atoms with E-state index in [0.717, 1.165) is 5.56 Å². The Balaban J connectivity index is 1.77. The van der Waals surface area contributed by atoms with E-state index in [1.807, 2.05) is 12.1 Å². The van der Waals surface area contributed by atoms with Crippen LogP contribution in [0, 0.1) is 5.82 Å². The lowest BCUT2D eigenvalue weighted by molar-refractivity contribution is 0.0778. The molecule has 0 unspecified atom stereocenters. The number of halogens is 1. The molecule has 0 radical (unpaired) electrons. The molecule has 0 saturated heterocycles. The molecule has 0 atom stereocenters. The van der Waals surface area contributed by atoms with Crippen LogP contribution < -0.4 is 0 Å². The molecule has 3 rings (SSSR count). The van der Waals surface area contributed by atoms with Crippen LogP contribution in [0.1, 0.15) is 16.1 Å². The van der Waals surface area contributed by atoms with E-state index in [-0.39, 0.29) is 11.6 Å².